The number of benzene rings is 1. The zero-order valence-corrected chi connectivity index (χ0v) is 15.8. The van der Waals surface area contributed by atoms with Crippen LogP contribution in [0.2, 0.25) is 0 Å². The van der Waals surface area contributed by atoms with E-state index in [1.807, 2.05) is 24.7 Å². The van der Waals surface area contributed by atoms with Gasteiger partial charge >= 0.3 is 0 Å². The third-order valence-electron chi connectivity index (χ3n) is 4.94. The standard InChI is InChI=1S/C20H23N3OS/c1-4-14-5-7-15(8-6-14)12-23(16-9-10-16)19(24)18-11-17-13(2)21-22(3)20(17)25-18/h5-8,11,16H,4,9-10,12H2,1-3H3. The van der Waals surface area contributed by atoms with Gasteiger partial charge in [-0.2, -0.15) is 5.10 Å². The molecular formula is C20H23N3OS. The summed E-state index contributed by atoms with van der Waals surface area (Å²) < 4.78 is 1.87. The van der Waals surface area contributed by atoms with Crippen LogP contribution in [0, 0.1) is 6.92 Å². The summed E-state index contributed by atoms with van der Waals surface area (Å²) in [5.74, 6) is 0.155. The number of amides is 1. The first-order valence-corrected chi connectivity index (χ1v) is 9.70. The second-order valence-electron chi connectivity index (χ2n) is 6.87. The molecule has 0 saturated heterocycles. The van der Waals surface area contributed by atoms with Gasteiger partial charge in [0.05, 0.1) is 10.6 Å². The van der Waals surface area contributed by atoms with Gasteiger partial charge in [0.25, 0.3) is 5.91 Å². The monoisotopic (exact) mass is 353 g/mol. The Labute approximate surface area is 152 Å². The van der Waals surface area contributed by atoms with E-state index < -0.39 is 0 Å². The molecule has 1 amide bonds. The summed E-state index contributed by atoms with van der Waals surface area (Å²) in [6.45, 7) is 4.85. The smallest absolute Gasteiger partial charge is 0.264 e. The molecule has 3 aromatic rings. The molecule has 1 saturated carbocycles. The molecule has 4 rings (SSSR count). The highest BCUT2D eigenvalue weighted by atomic mass is 32.1. The van der Waals surface area contributed by atoms with Gasteiger partial charge in [-0.3, -0.25) is 9.48 Å². The number of fused-ring (bicyclic) bond motifs is 1. The molecule has 0 spiro atoms. The molecule has 1 aliphatic carbocycles. The zero-order valence-electron chi connectivity index (χ0n) is 15.0. The molecule has 0 atom stereocenters. The maximum absolute atomic E-state index is 13.2. The summed E-state index contributed by atoms with van der Waals surface area (Å²) in [6.07, 6.45) is 3.27. The fourth-order valence-corrected chi connectivity index (χ4v) is 4.36. The number of aryl methyl sites for hydroxylation is 3. The number of aromatic nitrogens is 2. The van der Waals surface area contributed by atoms with Gasteiger partial charge in [0, 0.05) is 25.0 Å². The van der Waals surface area contributed by atoms with Crippen molar-refractivity contribution < 1.29 is 4.79 Å². The van der Waals surface area contributed by atoms with Crippen molar-refractivity contribution in [3.63, 3.8) is 0 Å². The number of rotatable bonds is 5. The molecule has 0 aliphatic heterocycles. The maximum Gasteiger partial charge on any atom is 0.264 e. The van der Waals surface area contributed by atoms with E-state index >= 15 is 0 Å². The van der Waals surface area contributed by atoms with E-state index in [2.05, 4.69) is 41.2 Å². The Hall–Kier alpha value is -2.14. The molecule has 0 N–H and O–H groups in total. The highest BCUT2D eigenvalue weighted by molar-refractivity contribution is 7.20. The number of carbonyl (C=O) groups is 1. The van der Waals surface area contributed by atoms with Crippen LogP contribution in [0.3, 0.4) is 0 Å². The van der Waals surface area contributed by atoms with Crippen molar-refractivity contribution in [1.82, 2.24) is 14.7 Å². The van der Waals surface area contributed by atoms with Crippen molar-refractivity contribution >= 4 is 27.5 Å². The Morgan fingerprint density at radius 2 is 1.96 bits per heavy atom. The van der Waals surface area contributed by atoms with Gasteiger partial charge in [-0.1, -0.05) is 31.2 Å². The quantitative estimate of drug-likeness (QED) is 0.685. The molecule has 1 aliphatic rings. The number of carbonyl (C=O) groups excluding carboxylic acids is 1. The Morgan fingerprint density at radius 3 is 2.56 bits per heavy atom. The summed E-state index contributed by atoms with van der Waals surface area (Å²) in [5.41, 5.74) is 3.53. The molecular weight excluding hydrogens is 330 g/mol. The van der Waals surface area contributed by atoms with Crippen molar-refractivity contribution in [1.29, 1.82) is 0 Å². The van der Waals surface area contributed by atoms with E-state index in [1.165, 1.54) is 11.1 Å². The molecule has 2 aromatic heterocycles. The molecule has 1 aromatic carbocycles. The van der Waals surface area contributed by atoms with E-state index in [0.717, 1.165) is 40.1 Å². The second kappa shape index (κ2) is 6.30. The Bertz CT molecular complexity index is 884. The molecule has 1 fully saturated rings. The number of hydrogen-bond acceptors (Lipinski definition) is 3. The molecule has 0 bridgehead atoms. The summed E-state index contributed by atoms with van der Waals surface area (Å²) in [4.78, 5) is 17.1. The molecule has 0 unspecified atom stereocenters. The summed E-state index contributed by atoms with van der Waals surface area (Å²) in [7, 11) is 1.94. The van der Waals surface area contributed by atoms with Gasteiger partial charge < -0.3 is 4.90 Å². The van der Waals surface area contributed by atoms with Crippen LogP contribution in [-0.4, -0.2) is 26.6 Å². The first kappa shape index (κ1) is 16.3. The van der Waals surface area contributed by atoms with E-state index in [4.69, 9.17) is 0 Å². The van der Waals surface area contributed by atoms with Crippen LogP contribution >= 0.6 is 11.3 Å². The van der Waals surface area contributed by atoms with Crippen LogP contribution in [0.25, 0.3) is 10.2 Å². The van der Waals surface area contributed by atoms with Gasteiger partial charge in [0.2, 0.25) is 0 Å². The summed E-state index contributed by atoms with van der Waals surface area (Å²) in [6, 6.07) is 11.0. The minimum absolute atomic E-state index is 0.155. The van der Waals surface area contributed by atoms with Crippen LogP contribution in [0.1, 0.15) is 46.3 Å². The van der Waals surface area contributed by atoms with Crippen molar-refractivity contribution in [2.24, 2.45) is 7.05 Å². The van der Waals surface area contributed by atoms with Crippen molar-refractivity contribution in [2.75, 3.05) is 0 Å². The van der Waals surface area contributed by atoms with E-state index in [1.54, 1.807) is 11.3 Å². The highest BCUT2D eigenvalue weighted by Crippen LogP contribution is 2.33. The average Bonchev–Trinajstić information content (AvgIpc) is 3.29. The van der Waals surface area contributed by atoms with Crippen LogP contribution in [0.5, 0.6) is 0 Å². The fourth-order valence-electron chi connectivity index (χ4n) is 3.28. The van der Waals surface area contributed by atoms with Crippen LogP contribution in [0.15, 0.2) is 30.3 Å². The normalized spacial score (nSPS) is 14.2. The lowest BCUT2D eigenvalue weighted by atomic mass is 10.1. The molecule has 0 radical (unpaired) electrons. The Morgan fingerprint density at radius 1 is 1.28 bits per heavy atom. The predicted molar refractivity (Wildman–Crippen MR) is 102 cm³/mol. The lowest BCUT2D eigenvalue weighted by Crippen LogP contribution is -2.32. The summed E-state index contributed by atoms with van der Waals surface area (Å²) in [5, 5.41) is 5.53. The number of hydrogen-bond donors (Lipinski definition) is 0. The number of nitrogens with zero attached hydrogens (tertiary/aromatic N) is 3. The third-order valence-corrected chi connectivity index (χ3v) is 6.13. The largest absolute Gasteiger partial charge is 0.331 e. The molecule has 2 heterocycles. The first-order valence-electron chi connectivity index (χ1n) is 8.88. The van der Waals surface area contributed by atoms with Gasteiger partial charge in [0.1, 0.15) is 4.83 Å². The van der Waals surface area contributed by atoms with Crippen molar-refractivity contribution in [3.8, 4) is 0 Å². The van der Waals surface area contributed by atoms with Crippen LogP contribution in [0.4, 0.5) is 0 Å². The van der Waals surface area contributed by atoms with Crippen LogP contribution < -0.4 is 0 Å². The Balaban J connectivity index is 1.60. The van der Waals surface area contributed by atoms with E-state index in [9.17, 15) is 4.79 Å². The van der Waals surface area contributed by atoms with Crippen LogP contribution in [-0.2, 0) is 20.0 Å². The maximum atomic E-state index is 13.2. The molecule has 4 nitrogen and oxygen atoms in total. The summed E-state index contributed by atoms with van der Waals surface area (Å²) >= 11 is 1.55. The average molecular weight is 353 g/mol. The van der Waals surface area contributed by atoms with Crippen molar-refractivity contribution in [3.05, 3.63) is 52.0 Å². The van der Waals surface area contributed by atoms with Crippen molar-refractivity contribution in [2.45, 2.75) is 45.7 Å². The van der Waals surface area contributed by atoms with E-state index in [-0.39, 0.29) is 5.91 Å². The molecule has 25 heavy (non-hydrogen) atoms. The third kappa shape index (κ3) is 3.09. The van der Waals surface area contributed by atoms with Gasteiger partial charge in [-0.05, 0) is 43.4 Å². The predicted octanol–water partition coefficient (Wildman–Crippen LogP) is 4.31. The van der Waals surface area contributed by atoms with Gasteiger partial charge in [0.15, 0.2) is 0 Å². The SMILES string of the molecule is CCc1ccc(CN(C(=O)c2cc3c(C)nn(C)c3s2)C2CC2)cc1. The second-order valence-corrected chi connectivity index (χ2v) is 7.90. The van der Waals surface area contributed by atoms with Gasteiger partial charge in [-0.15, -0.1) is 11.3 Å². The highest BCUT2D eigenvalue weighted by Gasteiger charge is 2.34. The molecule has 130 valence electrons. The Kier molecular flexibility index (Phi) is 4.12. The number of thiophene rings is 1. The minimum atomic E-state index is 0.155. The molecule has 5 heteroatoms. The topological polar surface area (TPSA) is 38.1 Å². The lowest BCUT2D eigenvalue weighted by Gasteiger charge is -2.22. The van der Waals surface area contributed by atoms with E-state index in [0.29, 0.717) is 12.6 Å². The van der Waals surface area contributed by atoms with Gasteiger partial charge in [-0.25, -0.2) is 0 Å². The minimum Gasteiger partial charge on any atom is -0.331 e. The lowest BCUT2D eigenvalue weighted by molar-refractivity contribution is 0.0735. The first-order chi connectivity index (χ1) is 12.1. The zero-order chi connectivity index (χ0) is 17.6. The fraction of sp³-hybridized carbons (Fsp3) is 0.400.